The van der Waals surface area contributed by atoms with Gasteiger partial charge in [0.25, 0.3) is 0 Å². The topological polar surface area (TPSA) is 130 Å². The zero-order valence-corrected chi connectivity index (χ0v) is 13.5. The molecule has 0 radical (unpaired) electrons. The number of aliphatic hydroxyl groups is 2. The van der Waals surface area contributed by atoms with E-state index in [-0.39, 0.29) is 6.54 Å². The normalized spacial score (nSPS) is 28.4. The van der Waals surface area contributed by atoms with Crippen molar-refractivity contribution >= 4 is 6.03 Å². The van der Waals surface area contributed by atoms with Crippen LogP contribution >= 0.6 is 0 Å². The second-order valence-corrected chi connectivity index (χ2v) is 5.11. The van der Waals surface area contributed by atoms with Crippen molar-refractivity contribution in [3.63, 3.8) is 0 Å². The molecule has 1 aliphatic rings. The standard InChI is InChI=1S/C13H25N3O7/c1-4-6-22-8(7-14-13(19)16(3)15-20)11-9(17)10(18)12(23-11)21-5-2/h8-12,17-18H,4-7H2,1-3H3,(H,14,19)/t8-,9-,10-,11-,12+/m1/s1. The summed E-state index contributed by atoms with van der Waals surface area (Å²) >= 11 is 0. The quantitative estimate of drug-likeness (QED) is 0.385. The molecular formula is C13H25N3O7. The molecule has 1 rings (SSSR count). The van der Waals surface area contributed by atoms with Gasteiger partial charge in [-0.1, -0.05) is 6.92 Å². The number of ether oxygens (including phenoxy) is 3. The Morgan fingerprint density at radius 2 is 2.09 bits per heavy atom. The molecule has 3 N–H and O–H groups in total. The van der Waals surface area contributed by atoms with Crippen LogP contribution in [0.3, 0.4) is 0 Å². The highest BCUT2D eigenvalue weighted by atomic mass is 16.7. The second kappa shape index (κ2) is 9.73. The van der Waals surface area contributed by atoms with E-state index in [0.717, 1.165) is 6.42 Å². The van der Waals surface area contributed by atoms with E-state index in [2.05, 4.69) is 10.6 Å². The van der Waals surface area contributed by atoms with Gasteiger partial charge in [0.1, 0.15) is 24.4 Å². The minimum Gasteiger partial charge on any atom is -0.387 e. The zero-order chi connectivity index (χ0) is 17.4. The number of amides is 2. The molecule has 0 aromatic heterocycles. The summed E-state index contributed by atoms with van der Waals surface area (Å²) in [5.74, 6) is 0. The molecule has 0 aromatic carbocycles. The molecule has 0 aromatic rings. The molecule has 0 aliphatic carbocycles. The summed E-state index contributed by atoms with van der Waals surface area (Å²) in [6.07, 6.45) is -4.24. The second-order valence-electron chi connectivity index (χ2n) is 5.11. The Balaban J connectivity index is 2.69. The van der Waals surface area contributed by atoms with Gasteiger partial charge in [0, 0.05) is 26.8 Å². The first-order chi connectivity index (χ1) is 11.0. The lowest BCUT2D eigenvalue weighted by Crippen LogP contribution is -2.48. The number of urea groups is 1. The minimum absolute atomic E-state index is 0.0218. The smallest absolute Gasteiger partial charge is 0.340 e. The molecule has 0 saturated carbocycles. The van der Waals surface area contributed by atoms with Crippen molar-refractivity contribution in [1.82, 2.24) is 10.3 Å². The third-order valence-corrected chi connectivity index (χ3v) is 3.36. The fourth-order valence-electron chi connectivity index (χ4n) is 2.16. The van der Waals surface area contributed by atoms with Crippen LogP contribution in [-0.4, -0.2) is 78.8 Å². The van der Waals surface area contributed by atoms with E-state index in [1.54, 1.807) is 6.92 Å². The van der Waals surface area contributed by atoms with Gasteiger partial charge in [-0.15, -0.1) is 4.91 Å². The van der Waals surface area contributed by atoms with E-state index >= 15 is 0 Å². The third kappa shape index (κ3) is 5.36. The average Bonchev–Trinajstić information content (AvgIpc) is 2.83. The number of hydrogen-bond acceptors (Lipinski definition) is 8. The van der Waals surface area contributed by atoms with Crippen LogP contribution in [0.1, 0.15) is 20.3 Å². The first kappa shape index (κ1) is 19.7. The summed E-state index contributed by atoms with van der Waals surface area (Å²) in [5.41, 5.74) is 0. The third-order valence-electron chi connectivity index (χ3n) is 3.36. The number of nitrogens with zero attached hydrogens (tertiary/aromatic N) is 2. The number of hydrogen-bond donors (Lipinski definition) is 3. The Kier molecular flexibility index (Phi) is 8.34. The van der Waals surface area contributed by atoms with Crippen LogP contribution in [0.25, 0.3) is 0 Å². The summed E-state index contributed by atoms with van der Waals surface area (Å²) < 4.78 is 16.3. The predicted octanol–water partition coefficient (Wildman–Crippen LogP) is -0.412. The molecule has 0 unspecified atom stereocenters. The maximum atomic E-state index is 11.6. The summed E-state index contributed by atoms with van der Waals surface area (Å²) in [5, 5.41) is 25.6. The van der Waals surface area contributed by atoms with Gasteiger partial charge in [0.2, 0.25) is 0 Å². The van der Waals surface area contributed by atoms with Gasteiger partial charge < -0.3 is 29.7 Å². The van der Waals surface area contributed by atoms with Crippen LogP contribution in [0.5, 0.6) is 0 Å². The molecule has 1 aliphatic heterocycles. The van der Waals surface area contributed by atoms with Crippen molar-refractivity contribution in [2.75, 3.05) is 26.8 Å². The first-order valence-electron chi connectivity index (χ1n) is 7.55. The van der Waals surface area contributed by atoms with E-state index in [4.69, 9.17) is 14.2 Å². The predicted molar refractivity (Wildman–Crippen MR) is 79.3 cm³/mol. The van der Waals surface area contributed by atoms with Gasteiger partial charge in [-0.05, 0) is 13.3 Å². The zero-order valence-electron chi connectivity index (χ0n) is 13.5. The van der Waals surface area contributed by atoms with Crippen molar-refractivity contribution < 1.29 is 29.2 Å². The summed E-state index contributed by atoms with van der Waals surface area (Å²) in [4.78, 5) is 21.9. The maximum absolute atomic E-state index is 11.6. The van der Waals surface area contributed by atoms with Gasteiger partial charge in [0.05, 0.1) is 5.29 Å². The van der Waals surface area contributed by atoms with Crippen LogP contribution in [-0.2, 0) is 14.2 Å². The summed E-state index contributed by atoms with van der Waals surface area (Å²) in [6.45, 7) is 4.32. The van der Waals surface area contributed by atoms with E-state index < -0.39 is 36.7 Å². The fourth-order valence-corrected chi connectivity index (χ4v) is 2.16. The molecule has 134 valence electrons. The number of carbonyl (C=O) groups excluding carboxylic acids is 1. The van der Waals surface area contributed by atoms with Crippen molar-refractivity contribution in [2.45, 2.75) is 51.0 Å². The lowest BCUT2D eigenvalue weighted by molar-refractivity contribution is -0.180. The SMILES string of the molecule is CCCO[C@H](CNC(=O)N(C)N=O)[C@H]1O[C@H](OCC)[C@H](O)[C@H]1O. The Bertz CT molecular complexity index is 385. The Morgan fingerprint density at radius 1 is 1.39 bits per heavy atom. The minimum atomic E-state index is -1.22. The Labute approximate surface area is 134 Å². The van der Waals surface area contributed by atoms with Crippen LogP contribution in [0, 0.1) is 4.91 Å². The molecule has 5 atom stereocenters. The molecule has 1 fully saturated rings. The van der Waals surface area contributed by atoms with Gasteiger partial charge >= 0.3 is 6.03 Å². The molecular weight excluding hydrogens is 310 g/mol. The highest BCUT2D eigenvalue weighted by molar-refractivity contribution is 5.73. The molecule has 0 spiro atoms. The first-order valence-corrected chi connectivity index (χ1v) is 7.55. The van der Waals surface area contributed by atoms with E-state index in [1.807, 2.05) is 6.92 Å². The molecule has 23 heavy (non-hydrogen) atoms. The monoisotopic (exact) mass is 335 g/mol. The molecule has 2 amide bonds. The van der Waals surface area contributed by atoms with E-state index in [0.29, 0.717) is 18.2 Å². The molecule has 10 heteroatoms. The lowest BCUT2D eigenvalue weighted by Gasteiger charge is -2.26. The van der Waals surface area contributed by atoms with Crippen molar-refractivity contribution in [1.29, 1.82) is 0 Å². The van der Waals surface area contributed by atoms with Crippen molar-refractivity contribution in [2.24, 2.45) is 5.29 Å². The number of rotatable bonds is 9. The molecule has 0 bridgehead atoms. The average molecular weight is 335 g/mol. The molecule has 1 heterocycles. The molecule has 1 saturated heterocycles. The highest BCUT2D eigenvalue weighted by Gasteiger charge is 2.47. The van der Waals surface area contributed by atoms with Crippen molar-refractivity contribution in [3.8, 4) is 0 Å². The molecule has 10 nitrogen and oxygen atoms in total. The largest absolute Gasteiger partial charge is 0.387 e. The lowest BCUT2D eigenvalue weighted by atomic mass is 10.1. The number of nitrogens with one attached hydrogen (secondary N) is 1. The van der Waals surface area contributed by atoms with Crippen LogP contribution in [0.4, 0.5) is 4.79 Å². The summed E-state index contributed by atoms with van der Waals surface area (Å²) in [6, 6.07) is -0.709. The number of aliphatic hydroxyl groups excluding tert-OH is 2. The highest BCUT2D eigenvalue weighted by Crippen LogP contribution is 2.26. The Hall–Kier alpha value is -1.33. The van der Waals surface area contributed by atoms with Crippen LogP contribution in [0.2, 0.25) is 0 Å². The number of carbonyl (C=O) groups is 1. The van der Waals surface area contributed by atoms with Crippen LogP contribution in [0.15, 0.2) is 5.29 Å². The van der Waals surface area contributed by atoms with E-state index in [9.17, 15) is 19.9 Å². The summed E-state index contributed by atoms with van der Waals surface area (Å²) in [7, 11) is 1.21. The van der Waals surface area contributed by atoms with Gasteiger partial charge in [-0.25, -0.2) is 4.79 Å². The van der Waals surface area contributed by atoms with Crippen LogP contribution < -0.4 is 5.32 Å². The Morgan fingerprint density at radius 3 is 2.65 bits per heavy atom. The number of nitroso groups, excluding NO2 is 1. The fraction of sp³-hybridized carbons (Fsp3) is 0.923. The van der Waals surface area contributed by atoms with Gasteiger partial charge in [-0.3, -0.25) is 0 Å². The van der Waals surface area contributed by atoms with Crippen molar-refractivity contribution in [3.05, 3.63) is 4.91 Å². The van der Waals surface area contributed by atoms with Gasteiger partial charge in [-0.2, -0.15) is 5.01 Å². The maximum Gasteiger partial charge on any atom is 0.340 e. The van der Waals surface area contributed by atoms with Gasteiger partial charge in [0.15, 0.2) is 6.29 Å². The van der Waals surface area contributed by atoms with E-state index in [1.165, 1.54) is 7.05 Å².